The van der Waals surface area contributed by atoms with Crippen LogP contribution < -0.4 is 0 Å². The standard InChI is InChI=1S/C8H8Cl2O.C8H6Cl2O/c2*9-5-8(11)6-2-1-3-7(10)4-6/h1-4,8,11H,5H2;1-4H,5H2/t8-;/m0./s1. The Kier molecular flexibility index (Phi) is 8.84. The molecule has 22 heavy (non-hydrogen) atoms. The van der Waals surface area contributed by atoms with Crippen molar-refractivity contribution in [2.45, 2.75) is 6.10 Å². The summed E-state index contributed by atoms with van der Waals surface area (Å²) in [6.45, 7) is 0. The van der Waals surface area contributed by atoms with Gasteiger partial charge in [-0.05, 0) is 29.8 Å². The van der Waals surface area contributed by atoms with E-state index in [-0.39, 0.29) is 17.5 Å². The van der Waals surface area contributed by atoms with Crippen molar-refractivity contribution in [1.29, 1.82) is 0 Å². The zero-order valence-electron chi connectivity index (χ0n) is 11.5. The predicted molar refractivity (Wildman–Crippen MR) is 93.6 cm³/mol. The molecule has 0 aliphatic carbocycles. The summed E-state index contributed by atoms with van der Waals surface area (Å²) < 4.78 is 0. The second kappa shape index (κ2) is 10.1. The van der Waals surface area contributed by atoms with Gasteiger partial charge in [-0.15, -0.1) is 23.2 Å². The first kappa shape index (κ1) is 19.3. The number of carbonyl (C=O) groups excluding carboxylic acids is 1. The molecular formula is C16H14Cl4O2. The van der Waals surface area contributed by atoms with Crippen LogP contribution in [0.3, 0.4) is 0 Å². The van der Waals surface area contributed by atoms with Crippen LogP contribution in [-0.4, -0.2) is 22.6 Å². The number of rotatable bonds is 4. The lowest BCUT2D eigenvalue weighted by Gasteiger charge is -2.05. The molecule has 1 N–H and O–H groups in total. The minimum absolute atomic E-state index is 0.000340. The molecule has 6 heteroatoms. The lowest BCUT2D eigenvalue weighted by atomic mass is 10.1. The van der Waals surface area contributed by atoms with E-state index in [1.165, 1.54) is 0 Å². The summed E-state index contributed by atoms with van der Waals surface area (Å²) in [7, 11) is 0. The average Bonchev–Trinajstić information content (AvgIpc) is 2.54. The van der Waals surface area contributed by atoms with E-state index in [2.05, 4.69) is 0 Å². The summed E-state index contributed by atoms with van der Waals surface area (Å²) in [5, 5.41) is 10.4. The van der Waals surface area contributed by atoms with Crippen LogP contribution in [0.15, 0.2) is 48.5 Å². The van der Waals surface area contributed by atoms with E-state index < -0.39 is 6.10 Å². The van der Waals surface area contributed by atoms with Crippen LogP contribution in [0.1, 0.15) is 22.0 Å². The number of aliphatic hydroxyl groups is 1. The molecule has 2 rings (SSSR count). The quantitative estimate of drug-likeness (QED) is 0.572. The number of alkyl halides is 2. The monoisotopic (exact) mass is 378 g/mol. The van der Waals surface area contributed by atoms with Crippen molar-refractivity contribution in [3.8, 4) is 0 Å². The number of halogens is 4. The third-order valence-corrected chi connectivity index (χ3v) is 3.65. The molecule has 1 atom stereocenters. The van der Waals surface area contributed by atoms with Crippen LogP contribution in [0.5, 0.6) is 0 Å². The minimum Gasteiger partial charge on any atom is -0.387 e. The van der Waals surface area contributed by atoms with E-state index in [0.717, 1.165) is 5.56 Å². The van der Waals surface area contributed by atoms with Crippen molar-refractivity contribution in [3.63, 3.8) is 0 Å². The van der Waals surface area contributed by atoms with Crippen molar-refractivity contribution in [2.24, 2.45) is 0 Å². The fourth-order valence-corrected chi connectivity index (χ4v) is 2.26. The van der Waals surface area contributed by atoms with Gasteiger partial charge >= 0.3 is 0 Å². The van der Waals surface area contributed by atoms with Crippen molar-refractivity contribution < 1.29 is 9.90 Å². The van der Waals surface area contributed by atoms with Gasteiger partial charge in [0.25, 0.3) is 0 Å². The lowest BCUT2D eigenvalue weighted by molar-refractivity contribution is 0.102. The molecule has 0 aromatic heterocycles. The van der Waals surface area contributed by atoms with Gasteiger partial charge < -0.3 is 5.11 Å². The Labute approximate surface area is 149 Å². The smallest absolute Gasteiger partial charge is 0.177 e. The molecule has 2 nitrogen and oxygen atoms in total. The topological polar surface area (TPSA) is 37.3 Å². The van der Waals surface area contributed by atoms with Crippen molar-refractivity contribution >= 4 is 52.2 Å². The molecule has 0 radical (unpaired) electrons. The summed E-state index contributed by atoms with van der Waals surface area (Å²) in [6.07, 6.45) is -0.615. The summed E-state index contributed by atoms with van der Waals surface area (Å²) in [5.41, 5.74) is 1.32. The maximum absolute atomic E-state index is 11.0. The first-order valence-electron chi connectivity index (χ1n) is 6.32. The van der Waals surface area contributed by atoms with Gasteiger partial charge in [-0.3, -0.25) is 4.79 Å². The number of ketones is 1. The van der Waals surface area contributed by atoms with E-state index in [4.69, 9.17) is 46.4 Å². The SMILES string of the molecule is O=C(CCl)c1cccc(Cl)c1.O[C@@H](CCl)c1cccc(Cl)c1. The third-order valence-electron chi connectivity index (χ3n) is 2.65. The highest BCUT2D eigenvalue weighted by Crippen LogP contribution is 2.18. The first-order chi connectivity index (χ1) is 10.5. The van der Waals surface area contributed by atoms with Crippen LogP contribution in [0.4, 0.5) is 0 Å². The summed E-state index contributed by atoms with van der Waals surface area (Å²) in [6, 6.07) is 13.8. The maximum Gasteiger partial charge on any atom is 0.177 e. The molecule has 0 unspecified atom stereocenters. The predicted octanol–water partition coefficient (Wildman–Crippen LogP) is 5.37. The molecule has 0 saturated heterocycles. The second-order valence-electron chi connectivity index (χ2n) is 4.29. The number of carbonyl (C=O) groups is 1. The number of hydrogen-bond donors (Lipinski definition) is 1. The van der Waals surface area contributed by atoms with Crippen molar-refractivity contribution in [2.75, 3.05) is 11.8 Å². The zero-order valence-corrected chi connectivity index (χ0v) is 14.5. The van der Waals surface area contributed by atoms with Crippen molar-refractivity contribution in [3.05, 3.63) is 69.7 Å². The fourth-order valence-electron chi connectivity index (χ4n) is 1.54. The molecular weight excluding hydrogens is 366 g/mol. The second-order valence-corrected chi connectivity index (χ2v) is 5.74. The van der Waals surface area contributed by atoms with Crippen molar-refractivity contribution in [1.82, 2.24) is 0 Å². The number of benzene rings is 2. The average molecular weight is 380 g/mol. The number of Topliss-reactive ketones (excluding diaryl/α,β-unsaturated/α-hetero) is 1. The van der Waals surface area contributed by atoms with Gasteiger partial charge in [0, 0.05) is 15.6 Å². The summed E-state index contributed by atoms with van der Waals surface area (Å²) >= 11 is 22.1. The molecule has 0 amide bonds. The first-order valence-corrected chi connectivity index (χ1v) is 8.14. The molecule has 0 saturated carbocycles. The largest absolute Gasteiger partial charge is 0.387 e. The Hall–Kier alpha value is -0.770. The van der Waals surface area contributed by atoms with Gasteiger partial charge in [0.1, 0.15) is 0 Å². The van der Waals surface area contributed by atoms with Gasteiger partial charge in [0.05, 0.1) is 17.9 Å². The molecule has 0 fully saturated rings. The van der Waals surface area contributed by atoms with Crippen LogP contribution in [0.25, 0.3) is 0 Å². The van der Waals surface area contributed by atoms with Gasteiger partial charge in [0.2, 0.25) is 0 Å². The van der Waals surface area contributed by atoms with E-state index >= 15 is 0 Å². The Bertz CT molecular complexity index is 617. The Balaban J connectivity index is 0.000000220. The van der Waals surface area contributed by atoms with Gasteiger partial charge in [-0.1, -0.05) is 47.5 Å². The van der Waals surface area contributed by atoms with E-state index in [0.29, 0.717) is 15.6 Å². The zero-order chi connectivity index (χ0) is 16.5. The van der Waals surface area contributed by atoms with E-state index in [9.17, 15) is 9.90 Å². The normalized spacial score (nSPS) is 11.3. The summed E-state index contributed by atoms with van der Waals surface area (Å²) in [5.74, 6) is 0.0925. The van der Waals surface area contributed by atoms with E-state index in [1.54, 1.807) is 48.5 Å². The van der Waals surface area contributed by atoms with Gasteiger partial charge in [-0.2, -0.15) is 0 Å². The molecule has 0 aliphatic heterocycles. The van der Waals surface area contributed by atoms with E-state index in [1.807, 2.05) is 0 Å². The van der Waals surface area contributed by atoms with Crippen LogP contribution in [0.2, 0.25) is 10.0 Å². The number of hydrogen-bond acceptors (Lipinski definition) is 2. The minimum atomic E-state index is -0.615. The molecule has 0 spiro atoms. The highest BCUT2D eigenvalue weighted by molar-refractivity contribution is 6.32. The highest BCUT2D eigenvalue weighted by Gasteiger charge is 2.04. The molecule has 0 bridgehead atoms. The summed E-state index contributed by atoms with van der Waals surface area (Å²) in [4.78, 5) is 11.0. The van der Waals surface area contributed by atoms with Crippen LogP contribution in [0, 0.1) is 0 Å². The molecule has 0 heterocycles. The lowest BCUT2D eigenvalue weighted by Crippen LogP contribution is -1.98. The highest BCUT2D eigenvalue weighted by atomic mass is 35.5. The Morgan fingerprint density at radius 2 is 1.59 bits per heavy atom. The molecule has 2 aromatic carbocycles. The fraction of sp³-hybridized carbons (Fsp3) is 0.188. The van der Waals surface area contributed by atoms with Gasteiger partial charge in [0.15, 0.2) is 5.78 Å². The molecule has 118 valence electrons. The third kappa shape index (κ3) is 6.55. The number of aliphatic hydroxyl groups excluding tert-OH is 1. The Morgan fingerprint density at radius 1 is 1.00 bits per heavy atom. The van der Waals surface area contributed by atoms with Gasteiger partial charge in [-0.25, -0.2) is 0 Å². The molecule has 0 aliphatic rings. The van der Waals surface area contributed by atoms with Crippen LogP contribution >= 0.6 is 46.4 Å². The molecule has 2 aromatic rings. The Morgan fingerprint density at radius 3 is 2.09 bits per heavy atom. The van der Waals surface area contributed by atoms with Crippen LogP contribution in [-0.2, 0) is 0 Å². The maximum atomic E-state index is 11.0.